The number of hydrogen-bond acceptors (Lipinski definition) is 3. The number of rotatable bonds is 7. The highest BCUT2D eigenvalue weighted by atomic mass is 16.2. The number of nitrogens with one attached hydrogen (secondary N) is 2. The third kappa shape index (κ3) is 5.04. The van der Waals surface area contributed by atoms with Gasteiger partial charge >= 0.3 is 0 Å². The smallest absolute Gasteiger partial charge is 0.251 e. The molecule has 2 aromatic carbocycles. The molecule has 0 bridgehead atoms. The third-order valence-corrected chi connectivity index (χ3v) is 4.04. The lowest BCUT2D eigenvalue weighted by Gasteiger charge is -2.07. The van der Waals surface area contributed by atoms with E-state index in [9.17, 15) is 9.59 Å². The minimum atomic E-state index is -0.151. The molecule has 2 amide bonds. The number of amides is 2. The van der Waals surface area contributed by atoms with Gasteiger partial charge in [-0.25, -0.2) is 4.68 Å². The minimum Gasteiger partial charge on any atom is -0.352 e. The van der Waals surface area contributed by atoms with E-state index < -0.39 is 0 Å². The average Bonchev–Trinajstić information content (AvgIpc) is 3.17. The fraction of sp³-hybridized carbons (Fsp3) is 0.190. The fourth-order valence-corrected chi connectivity index (χ4v) is 2.69. The lowest BCUT2D eigenvalue weighted by Crippen LogP contribution is -2.22. The molecule has 0 atom stereocenters. The van der Waals surface area contributed by atoms with Crippen molar-refractivity contribution in [3.05, 3.63) is 78.1 Å². The minimum absolute atomic E-state index is 0.101. The zero-order chi connectivity index (χ0) is 19.1. The van der Waals surface area contributed by atoms with Crippen LogP contribution < -0.4 is 10.6 Å². The standard InChI is InChI=1S/C21H22N4O2/c1-2-22-21(27)17-7-6-8-18(13-17)24-20(26)12-11-16-14-23-25(15-16)19-9-4-3-5-10-19/h3-10,13-15H,2,11-12H2,1H3,(H,22,27)(H,24,26). The number of benzene rings is 2. The van der Waals surface area contributed by atoms with E-state index in [2.05, 4.69) is 15.7 Å². The van der Waals surface area contributed by atoms with Crippen molar-refractivity contribution < 1.29 is 9.59 Å². The van der Waals surface area contributed by atoms with E-state index in [0.29, 0.717) is 30.6 Å². The number of para-hydroxylation sites is 1. The Morgan fingerprint density at radius 1 is 1.07 bits per heavy atom. The van der Waals surface area contributed by atoms with Crippen molar-refractivity contribution in [3.63, 3.8) is 0 Å². The first-order valence-corrected chi connectivity index (χ1v) is 8.93. The largest absolute Gasteiger partial charge is 0.352 e. The Morgan fingerprint density at radius 2 is 1.89 bits per heavy atom. The SMILES string of the molecule is CCNC(=O)c1cccc(NC(=O)CCc2cnn(-c3ccccc3)c2)c1. The molecule has 0 fully saturated rings. The molecule has 6 heteroatoms. The molecule has 138 valence electrons. The monoisotopic (exact) mass is 362 g/mol. The summed E-state index contributed by atoms with van der Waals surface area (Å²) in [5.41, 5.74) is 3.11. The van der Waals surface area contributed by atoms with E-state index in [4.69, 9.17) is 0 Å². The van der Waals surface area contributed by atoms with Gasteiger partial charge in [0, 0.05) is 30.4 Å². The quantitative estimate of drug-likeness (QED) is 0.678. The lowest BCUT2D eigenvalue weighted by molar-refractivity contribution is -0.116. The van der Waals surface area contributed by atoms with Crippen molar-refractivity contribution in [2.45, 2.75) is 19.8 Å². The number of carbonyl (C=O) groups is 2. The number of aromatic nitrogens is 2. The van der Waals surface area contributed by atoms with Gasteiger partial charge < -0.3 is 10.6 Å². The summed E-state index contributed by atoms with van der Waals surface area (Å²) in [6.45, 7) is 2.43. The zero-order valence-corrected chi connectivity index (χ0v) is 15.2. The van der Waals surface area contributed by atoms with Gasteiger partial charge in [0.15, 0.2) is 0 Å². The van der Waals surface area contributed by atoms with Gasteiger partial charge in [0.2, 0.25) is 5.91 Å². The number of nitrogens with zero attached hydrogens (tertiary/aromatic N) is 2. The molecule has 6 nitrogen and oxygen atoms in total. The molecule has 27 heavy (non-hydrogen) atoms. The molecule has 2 N–H and O–H groups in total. The van der Waals surface area contributed by atoms with Crippen LogP contribution in [0.2, 0.25) is 0 Å². The first-order chi connectivity index (χ1) is 13.2. The van der Waals surface area contributed by atoms with Gasteiger partial charge in [-0.05, 0) is 49.2 Å². The van der Waals surface area contributed by atoms with Gasteiger partial charge in [-0.1, -0.05) is 24.3 Å². The molecule has 1 aromatic heterocycles. The topological polar surface area (TPSA) is 76.0 Å². The molecule has 3 rings (SSSR count). The molecule has 0 saturated heterocycles. The van der Waals surface area contributed by atoms with Crippen LogP contribution in [0.15, 0.2) is 67.0 Å². The van der Waals surface area contributed by atoms with Crippen LogP contribution in [-0.2, 0) is 11.2 Å². The van der Waals surface area contributed by atoms with Crippen LogP contribution in [0.5, 0.6) is 0 Å². The summed E-state index contributed by atoms with van der Waals surface area (Å²) in [6.07, 6.45) is 4.63. The third-order valence-electron chi connectivity index (χ3n) is 4.04. The number of aryl methyl sites for hydroxylation is 1. The molecule has 3 aromatic rings. The molecule has 0 aliphatic carbocycles. The van der Waals surface area contributed by atoms with E-state index in [1.54, 1.807) is 35.1 Å². The van der Waals surface area contributed by atoms with Gasteiger partial charge in [0.05, 0.1) is 11.9 Å². The van der Waals surface area contributed by atoms with E-state index in [1.807, 2.05) is 43.5 Å². The average molecular weight is 362 g/mol. The van der Waals surface area contributed by atoms with Crippen LogP contribution in [0, 0.1) is 0 Å². The van der Waals surface area contributed by atoms with Crippen molar-refractivity contribution in [2.75, 3.05) is 11.9 Å². The van der Waals surface area contributed by atoms with Gasteiger partial charge in [0.1, 0.15) is 0 Å². The van der Waals surface area contributed by atoms with Crippen LogP contribution in [-0.4, -0.2) is 28.1 Å². The molecule has 0 unspecified atom stereocenters. The van der Waals surface area contributed by atoms with Crippen LogP contribution in [0.1, 0.15) is 29.3 Å². The van der Waals surface area contributed by atoms with Crippen LogP contribution in [0.4, 0.5) is 5.69 Å². The first-order valence-electron chi connectivity index (χ1n) is 8.93. The Bertz CT molecular complexity index is 919. The normalized spacial score (nSPS) is 10.4. The summed E-state index contributed by atoms with van der Waals surface area (Å²) in [5, 5.41) is 9.92. The first kappa shape index (κ1) is 18.4. The van der Waals surface area contributed by atoms with E-state index >= 15 is 0 Å². The second-order valence-corrected chi connectivity index (χ2v) is 6.12. The number of hydrogen-bond donors (Lipinski definition) is 2. The molecule has 1 heterocycles. The van der Waals surface area contributed by atoms with Crippen molar-refractivity contribution >= 4 is 17.5 Å². The van der Waals surface area contributed by atoms with Crippen molar-refractivity contribution in [1.29, 1.82) is 0 Å². The molecule has 0 aliphatic heterocycles. The second kappa shape index (κ2) is 8.80. The van der Waals surface area contributed by atoms with Crippen molar-refractivity contribution in [2.24, 2.45) is 0 Å². The predicted molar refractivity (Wildman–Crippen MR) is 105 cm³/mol. The molecular formula is C21H22N4O2. The Balaban J connectivity index is 1.55. The fourth-order valence-electron chi connectivity index (χ4n) is 2.69. The highest BCUT2D eigenvalue weighted by Crippen LogP contribution is 2.13. The summed E-state index contributed by atoms with van der Waals surface area (Å²) in [6, 6.07) is 16.8. The Morgan fingerprint density at radius 3 is 2.67 bits per heavy atom. The van der Waals surface area contributed by atoms with E-state index in [-0.39, 0.29) is 11.8 Å². The molecule has 0 spiro atoms. The molecule has 0 saturated carbocycles. The van der Waals surface area contributed by atoms with Gasteiger partial charge in [-0.15, -0.1) is 0 Å². The van der Waals surface area contributed by atoms with E-state index in [0.717, 1.165) is 11.3 Å². The number of carbonyl (C=O) groups excluding carboxylic acids is 2. The number of anilines is 1. The maximum Gasteiger partial charge on any atom is 0.251 e. The molecular weight excluding hydrogens is 340 g/mol. The van der Waals surface area contributed by atoms with Crippen molar-refractivity contribution in [1.82, 2.24) is 15.1 Å². The Kier molecular flexibility index (Phi) is 5.99. The van der Waals surface area contributed by atoms with Crippen LogP contribution in [0.3, 0.4) is 0 Å². The van der Waals surface area contributed by atoms with Gasteiger partial charge in [-0.2, -0.15) is 5.10 Å². The predicted octanol–water partition coefficient (Wildman–Crippen LogP) is 3.19. The summed E-state index contributed by atoms with van der Waals surface area (Å²) >= 11 is 0. The Hall–Kier alpha value is -3.41. The summed E-state index contributed by atoms with van der Waals surface area (Å²) < 4.78 is 1.79. The summed E-state index contributed by atoms with van der Waals surface area (Å²) in [5.74, 6) is -0.252. The van der Waals surface area contributed by atoms with Crippen molar-refractivity contribution in [3.8, 4) is 5.69 Å². The zero-order valence-electron chi connectivity index (χ0n) is 15.2. The molecule has 0 radical (unpaired) electrons. The van der Waals surface area contributed by atoms with Crippen LogP contribution >= 0.6 is 0 Å². The molecule has 0 aliphatic rings. The van der Waals surface area contributed by atoms with E-state index in [1.165, 1.54) is 0 Å². The highest BCUT2D eigenvalue weighted by molar-refractivity contribution is 5.97. The lowest BCUT2D eigenvalue weighted by atomic mass is 10.1. The van der Waals surface area contributed by atoms with Crippen LogP contribution in [0.25, 0.3) is 5.69 Å². The maximum atomic E-state index is 12.2. The summed E-state index contributed by atoms with van der Waals surface area (Å²) in [7, 11) is 0. The maximum absolute atomic E-state index is 12.2. The second-order valence-electron chi connectivity index (χ2n) is 6.12. The summed E-state index contributed by atoms with van der Waals surface area (Å²) in [4.78, 5) is 24.1. The van der Waals surface area contributed by atoms with Gasteiger partial charge in [0.25, 0.3) is 5.91 Å². The highest BCUT2D eigenvalue weighted by Gasteiger charge is 2.08. The Labute approximate surface area is 158 Å². The van der Waals surface area contributed by atoms with Gasteiger partial charge in [-0.3, -0.25) is 9.59 Å².